The van der Waals surface area contributed by atoms with Crippen molar-refractivity contribution in [1.29, 1.82) is 0 Å². The van der Waals surface area contributed by atoms with E-state index in [1.807, 2.05) is 26.0 Å². The largest absolute Gasteiger partial charge is 0.369 e. The highest BCUT2D eigenvalue weighted by molar-refractivity contribution is 5.88. The topological polar surface area (TPSA) is 63.8 Å². The fraction of sp³-hybridized carbons (Fsp3) is 0.353. The summed E-state index contributed by atoms with van der Waals surface area (Å²) in [7, 11) is 0. The fourth-order valence-electron chi connectivity index (χ4n) is 2.66. The number of aromatic nitrogens is 3. The summed E-state index contributed by atoms with van der Waals surface area (Å²) in [6, 6.07) is 7.13. The highest BCUT2D eigenvalue weighted by Crippen LogP contribution is 2.24. The third kappa shape index (κ3) is 3.34. The molecular weight excluding hydrogens is 314 g/mol. The van der Waals surface area contributed by atoms with Crippen molar-refractivity contribution in [2.75, 3.05) is 11.9 Å². The van der Waals surface area contributed by atoms with Gasteiger partial charge in [-0.1, -0.05) is 17.3 Å². The lowest BCUT2D eigenvalue weighted by Gasteiger charge is -2.10. The van der Waals surface area contributed by atoms with E-state index in [0.717, 1.165) is 35.2 Å². The van der Waals surface area contributed by atoms with Gasteiger partial charge in [0.05, 0.1) is 11.2 Å². The molecule has 0 atom stereocenters. The Kier molecular flexibility index (Phi) is 4.69. The van der Waals surface area contributed by atoms with Crippen LogP contribution < -0.4 is 5.32 Å². The molecule has 2 heterocycles. The van der Waals surface area contributed by atoms with Gasteiger partial charge in [0.15, 0.2) is 5.82 Å². The summed E-state index contributed by atoms with van der Waals surface area (Å²) in [5.41, 5.74) is 2.49. The summed E-state index contributed by atoms with van der Waals surface area (Å²) in [6.45, 7) is 4.40. The zero-order chi connectivity index (χ0) is 17.1. The fourth-order valence-corrected chi connectivity index (χ4v) is 2.66. The molecule has 24 heavy (non-hydrogen) atoms. The SMILES string of the molecule is Cc1noc(C)c1CCCNc1nc(C(F)F)nc2ccccc12. The molecule has 126 valence electrons. The van der Waals surface area contributed by atoms with Gasteiger partial charge in [0, 0.05) is 17.5 Å². The average Bonchev–Trinajstić information content (AvgIpc) is 2.89. The maximum atomic E-state index is 13.0. The number of benzene rings is 1. The Bertz CT molecular complexity index is 828. The first-order chi connectivity index (χ1) is 11.6. The number of alkyl halides is 2. The van der Waals surface area contributed by atoms with Crippen LogP contribution in [-0.4, -0.2) is 21.7 Å². The first-order valence-electron chi connectivity index (χ1n) is 7.76. The summed E-state index contributed by atoms with van der Waals surface area (Å²) >= 11 is 0. The molecule has 5 nitrogen and oxygen atoms in total. The number of hydrogen-bond donors (Lipinski definition) is 1. The van der Waals surface area contributed by atoms with E-state index in [1.165, 1.54) is 0 Å². The minimum atomic E-state index is -2.70. The molecule has 0 aliphatic carbocycles. The number of para-hydroxylation sites is 1. The Labute approximate surface area is 138 Å². The molecule has 0 amide bonds. The van der Waals surface area contributed by atoms with E-state index in [-0.39, 0.29) is 0 Å². The number of nitrogens with zero attached hydrogens (tertiary/aromatic N) is 3. The van der Waals surface area contributed by atoms with Crippen LogP contribution in [0.25, 0.3) is 10.9 Å². The molecule has 3 aromatic rings. The van der Waals surface area contributed by atoms with E-state index in [2.05, 4.69) is 20.4 Å². The molecule has 0 aliphatic heterocycles. The smallest absolute Gasteiger partial charge is 0.297 e. The molecule has 2 aromatic heterocycles. The lowest BCUT2D eigenvalue weighted by molar-refractivity contribution is 0.141. The maximum Gasteiger partial charge on any atom is 0.297 e. The van der Waals surface area contributed by atoms with Gasteiger partial charge in [0.2, 0.25) is 0 Å². The lowest BCUT2D eigenvalue weighted by Crippen LogP contribution is -2.08. The van der Waals surface area contributed by atoms with Crippen molar-refractivity contribution in [2.24, 2.45) is 0 Å². The van der Waals surface area contributed by atoms with E-state index < -0.39 is 12.2 Å². The molecule has 0 saturated carbocycles. The number of nitrogens with one attached hydrogen (secondary N) is 1. The van der Waals surface area contributed by atoms with E-state index in [1.54, 1.807) is 12.1 Å². The highest BCUT2D eigenvalue weighted by Gasteiger charge is 2.15. The van der Waals surface area contributed by atoms with E-state index in [0.29, 0.717) is 17.9 Å². The van der Waals surface area contributed by atoms with Gasteiger partial charge in [-0.05, 0) is 38.8 Å². The number of hydrogen-bond acceptors (Lipinski definition) is 5. The molecule has 0 radical (unpaired) electrons. The second kappa shape index (κ2) is 6.90. The Balaban J connectivity index is 1.72. The van der Waals surface area contributed by atoms with E-state index in [4.69, 9.17) is 4.52 Å². The monoisotopic (exact) mass is 332 g/mol. The second-order valence-electron chi connectivity index (χ2n) is 5.58. The molecule has 0 spiro atoms. The van der Waals surface area contributed by atoms with Crippen LogP contribution in [0.5, 0.6) is 0 Å². The van der Waals surface area contributed by atoms with Crippen LogP contribution >= 0.6 is 0 Å². The Morgan fingerprint density at radius 2 is 1.96 bits per heavy atom. The molecule has 0 aliphatic rings. The molecule has 0 bridgehead atoms. The van der Waals surface area contributed by atoms with Crippen molar-refractivity contribution in [3.63, 3.8) is 0 Å². The number of rotatable bonds is 6. The van der Waals surface area contributed by atoms with Gasteiger partial charge >= 0.3 is 0 Å². The molecule has 0 unspecified atom stereocenters. The van der Waals surface area contributed by atoms with Gasteiger partial charge in [0.25, 0.3) is 6.43 Å². The minimum absolute atomic E-state index is 0.440. The third-order valence-corrected chi connectivity index (χ3v) is 3.89. The summed E-state index contributed by atoms with van der Waals surface area (Å²) in [5.74, 6) is 0.802. The van der Waals surface area contributed by atoms with Crippen LogP contribution in [0, 0.1) is 13.8 Å². The summed E-state index contributed by atoms with van der Waals surface area (Å²) in [5, 5.41) is 7.81. The van der Waals surface area contributed by atoms with Gasteiger partial charge in [-0.3, -0.25) is 0 Å². The van der Waals surface area contributed by atoms with Crippen molar-refractivity contribution in [2.45, 2.75) is 33.1 Å². The van der Waals surface area contributed by atoms with Crippen LogP contribution in [0.1, 0.15) is 35.7 Å². The number of fused-ring (bicyclic) bond motifs is 1. The molecule has 3 rings (SSSR count). The van der Waals surface area contributed by atoms with Gasteiger partial charge in [-0.25, -0.2) is 18.7 Å². The summed E-state index contributed by atoms with van der Waals surface area (Å²) < 4.78 is 31.1. The molecule has 7 heteroatoms. The van der Waals surface area contributed by atoms with Gasteiger partial charge in [0.1, 0.15) is 11.6 Å². The molecular formula is C17H18F2N4O. The zero-order valence-corrected chi connectivity index (χ0v) is 13.5. The van der Waals surface area contributed by atoms with Crippen LogP contribution in [0.3, 0.4) is 0 Å². The standard InChI is InChI=1S/C17H18F2N4O/c1-10-12(11(2)24-23-10)7-5-9-20-16-13-6-3-4-8-14(13)21-17(22-16)15(18)19/h3-4,6,8,15H,5,7,9H2,1-2H3,(H,20,21,22). The maximum absolute atomic E-state index is 13.0. The van der Waals surface area contributed by atoms with Crippen molar-refractivity contribution in [3.8, 4) is 0 Å². The van der Waals surface area contributed by atoms with Crippen molar-refractivity contribution in [1.82, 2.24) is 15.1 Å². The van der Waals surface area contributed by atoms with Gasteiger partial charge < -0.3 is 9.84 Å². The number of anilines is 1. The predicted molar refractivity (Wildman–Crippen MR) is 87.3 cm³/mol. The van der Waals surface area contributed by atoms with Crippen LogP contribution in [-0.2, 0) is 6.42 Å². The van der Waals surface area contributed by atoms with Crippen LogP contribution in [0.15, 0.2) is 28.8 Å². The minimum Gasteiger partial charge on any atom is -0.369 e. The number of halogens is 2. The summed E-state index contributed by atoms with van der Waals surface area (Å²) in [4.78, 5) is 7.87. The van der Waals surface area contributed by atoms with Gasteiger partial charge in [-0.2, -0.15) is 0 Å². The summed E-state index contributed by atoms with van der Waals surface area (Å²) in [6.07, 6.45) is -1.08. The molecule has 0 fully saturated rings. The zero-order valence-electron chi connectivity index (χ0n) is 13.5. The van der Waals surface area contributed by atoms with Crippen molar-refractivity contribution in [3.05, 3.63) is 47.1 Å². The van der Waals surface area contributed by atoms with E-state index >= 15 is 0 Å². The Hall–Kier alpha value is -2.57. The second-order valence-corrected chi connectivity index (χ2v) is 5.58. The van der Waals surface area contributed by atoms with Crippen molar-refractivity contribution < 1.29 is 13.3 Å². The lowest BCUT2D eigenvalue weighted by atomic mass is 10.1. The molecule has 1 aromatic carbocycles. The van der Waals surface area contributed by atoms with E-state index in [9.17, 15) is 8.78 Å². The molecule has 1 N–H and O–H groups in total. The van der Waals surface area contributed by atoms with Crippen LogP contribution in [0.2, 0.25) is 0 Å². The normalized spacial score (nSPS) is 11.4. The van der Waals surface area contributed by atoms with Crippen LogP contribution in [0.4, 0.5) is 14.6 Å². The number of aryl methyl sites for hydroxylation is 2. The van der Waals surface area contributed by atoms with Gasteiger partial charge in [-0.15, -0.1) is 0 Å². The first-order valence-corrected chi connectivity index (χ1v) is 7.76. The molecule has 0 saturated heterocycles. The average molecular weight is 332 g/mol. The predicted octanol–water partition coefficient (Wildman–Crippen LogP) is 4.22. The Morgan fingerprint density at radius 3 is 2.67 bits per heavy atom. The third-order valence-electron chi connectivity index (χ3n) is 3.89. The first kappa shape index (κ1) is 16.3. The van der Waals surface area contributed by atoms with Crippen molar-refractivity contribution >= 4 is 16.7 Å². The highest BCUT2D eigenvalue weighted by atomic mass is 19.3. The Morgan fingerprint density at radius 1 is 1.17 bits per heavy atom. The quantitative estimate of drug-likeness (QED) is 0.685.